The minimum Gasteiger partial charge on any atom is -0.481 e. The number of carboxylic acid groups (broad SMARTS) is 1. The van der Waals surface area contributed by atoms with Crippen molar-refractivity contribution in [1.29, 1.82) is 0 Å². The van der Waals surface area contributed by atoms with Gasteiger partial charge in [-0.1, -0.05) is 28.1 Å². The normalized spacial score (nSPS) is 16.0. The Hall–Kier alpha value is -1.40. The van der Waals surface area contributed by atoms with Crippen molar-refractivity contribution in [1.82, 2.24) is 9.80 Å². The quantitative estimate of drug-likeness (QED) is 0.872. The molecule has 21 heavy (non-hydrogen) atoms. The van der Waals surface area contributed by atoms with Crippen LogP contribution in [-0.2, 0) is 16.0 Å². The predicted molar refractivity (Wildman–Crippen MR) is 83.1 cm³/mol. The molecule has 1 heterocycles. The molecule has 0 aromatic heterocycles. The van der Waals surface area contributed by atoms with E-state index in [9.17, 15) is 9.59 Å². The second-order valence-corrected chi connectivity index (χ2v) is 6.09. The maximum Gasteiger partial charge on any atom is 0.304 e. The molecule has 1 aromatic carbocycles. The zero-order valence-corrected chi connectivity index (χ0v) is 13.4. The van der Waals surface area contributed by atoms with Crippen LogP contribution in [-0.4, -0.2) is 59.5 Å². The number of aliphatic carboxylic acids is 1. The third-order valence-corrected chi connectivity index (χ3v) is 4.10. The molecular formula is C15H19BrN2O3. The summed E-state index contributed by atoms with van der Waals surface area (Å²) in [4.78, 5) is 26.8. The van der Waals surface area contributed by atoms with Crippen LogP contribution in [0.1, 0.15) is 12.0 Å². The van der Waals surface area contributed by atoms with E-state index in [-0.39, 0.29) is 12.3 Å². The largest absolute Gasteiger partial charge is 0.481 e. The predicted octanol–water partition coefficient (Wildman–Crippen LogP) is 1.61. The van der Waals surface area contributed by atoms with E-state index in [1.54, 1.807) is 0 Å². The summed E-state index contributed by atoms with van der Waals surface area (Å²) in [5.74, 6) is -0.644. The van der Waals surface area contributed by atoms with Crippen molar-refractivity contribution in [2.24, 2.45) is 0 Å². The fourth-order valence-corrected chi connectivity index (χ4v) is 2.85. The molecule has 2 rings (SSSR count). The van der Waals surface area contributed by atoms with E-state index in [0.717, 1.165) is 23.1 Å². The van der Waals surface area contributed by atoms with Crippen LogP contribution in [0.25, 0.3) is 0 Å². The number of carbonyl (C=O) groups is 2. The molecule has 1 aliphatic heterocycles. The van der Waals surface area contributed by atoms with E-state index < -0.39 is 5.97 Å². The number of amides is 1. The molecule has 0 radical (unpaired) electrons. The highest BCUT2D eigenvalue weighted by Gasteiger charge is 2.21. The Morgan fingerprint density at radius 2 is 1.90 bits per heavy atom. The lowest BCUT2D eigenvalue weighted by Crippen LogP contribution is -2.49. The number of carboxylic acids is 1. The van der Waals surface area contributed by atoms with Gasteiger partial charge in [0.2, 0.25) is 5.91 Å². The van der Waals surface area contributed by atoms with Gasteiger partial charge in [-0.25, -0.2) is 0 Å². The van der Waals surface area contributed by atoms with E-state index in [2.05, 4.69) is 20.8 Å². The first-order chi connectivity index (χ1) is 10.0. The fourth-order valence-electron chi connectivity index (χ4n) is 2.41. The minimum absolute atomic E-state index is 0.131. The highest BCUT2D eigenvalue weighted by atomic mass is 79.9. The molecule has 0 unspecified atom stereocenters. The molecule has 0 atom stereocenters. The van der Waals surface area contributed by atoms with Crippen LogP contribution >= 0.6 is 15.9 Å². The van der Waals surface area contributed by atoms with Gasteiger partial charge in [0.1, 0.15) is 0 Å². The van der Waals surface area contributed by atoms with Gasteiger partial charge in [-0.15, -0.1) is 0 Å². The Balaban J connectivity index is 1.79. The maximum absolute atomic E-state index is 12.2. The number of halogens is 1. The summed E-state index contributed by atoms with van der Waals surface area (Å²) in [6.45, 7) is 3.40. The van der Waals surface area contributed by atoms with Crippen molar-refractivity contribution in [3.63, 3.8) is 0 Å². The lowest BCUT2D eigenvalue weighted by molar-refractivity contribution is -0.138. The highest BCUT2D eigenvalue weighted by Crippen LogP contribution is 2.13. The summed E-state index contributed by atoms with van der Waals surface area (Å²) in [5, 5.41) is 8.68. The van der Waals surface area contributed by atoms with Crippen molar-refractivity contribution >= 4 is 27.8 Å². The van der Waals surface area contributed by atoms with E-state index in [1.165, 1.54) is 0 Å². The molecule has 1 aliphatic rings. The van der Waals surface area contributed by atoms with Gasteiger partial charge in [0, 0.05) is 37.2 Å². The third kappa shape index (κ3) is 5.13. The molecule has 1 N–H and O–H groups in total. The number of hydrogen-bond acceptors (Lipinski definition) is 3. The van der Waals surface area contributed by atoms with Crippen molar-refractivity contribution in [2.75, 3.05) is 32.7 Å². The molecule has 0 bridgehead atoms. The summed E-state index contributed by atoms with van der Waals surface area (Å²) in [7, 11) is 0. The number of piperazine rings is 1. The molecule has 1 aromatic rings. The fraction of sp³-hybridized carbons (Fsp3) is 0.467. The topological polar surface area (TPSA) is 60.9 Å². The van der Waals surface area contributed by atoms with Crippen LogP contribution in [0.2, 0.25) is 0 Å². The van der Waals surface area contributed by atoms with Gasteiger partial charge in [-0.2, -0.15) is 0 Å². The van der Waals surface area contributed by atoms with Crippen molar-refractivity contribution in [3.8, 4) is 0 Å². The van der Waals surface area contributed by atoms with Crippen LogP contribution in [0, 0.1) is 0 Å². The van der Waals surface area contributed by atoms with E-state index in [1.807, 2.05) is 29.2 Å². The number of carbonyl (C=O) groups excluding carboxylic acids is 1. The maximum atomic E-state index is 12.2. The van der Waals surface area contributed by atoms with Crippen LogP contribution < -0.4 is 0 Å². The molecule has 1 amide bonds. The monoisotopic (exact) mass is 354 g/mol. The van der Waals surface area contributed by atoms with Crippen molar-refractivity contribution in [2.45, 2.75) is 12.8 Å². The molecule has 0 spiro atoms. The molecule has 5 nitrogen and oxygen atoms in total. The van der Waals surface area contributed by atoms with E-state index in [0.29, 0.717) is 26.1 Å². The second-order valence-electron chi connectivity index (χ2n) is 5.17. The molecule has 0 saturated carbocycles. The minimum atomic E-state index is -0.775. The molecular weight excluding hydrogens is 336 g/mol. The molecule has 6 heteroatoms. The number of rotatable bonds is 5. The Morgan fingerprint density at radius 3 is 2.52 bits per heavy atom. The average molecular weight is 355 g/mol. The summed E-state index contributed by atoms with van der Waals surface area (Å²) in [6, 6.07) is 7.78. The van der Waals surface area contributed by atoms with Crippen LogP contribution in [0.4, 0.5) is 0 Å². The zero-order chi connectivity index (χ0) is 15.2. The second kappa shape index (κ2) is 7.56. The SMILES string of the molecule is O=C(O)CCN1CCN(C(=O)Cc2cccc(Br)c2)CC1. The van der Waals surface area contributed by atoms with Gasteiger partial charge in [-0.3, -0.25) is 14.5 Å². The van der Waals surface area contributed by atoms with Crippen LogP contribution in [0.3, 0.4) is 0 Å². The Morgan fingerprint density at radius 1 is 1.19 bits per heavy atom. The number of benzene rings is 1. The Kier molecular flexibility index (Phi) is 5.76. The van der Waals surface area contributed by atoms with Crippen LogP contribution in [0.5, 0.6) is 0 Å². The molecule has 114 valence electrons. The first-order valence-corrected chi connectivity index (χ1v) is 7.80. The van der Waals surface area contributed by atoms with Gasteiger partial charge >= 0.3 is 5.97 Å². The Bertz CT molecular complexity index is 513. The summed E-state index contributed by atoms with van der Waals surface area (Å²) in [6.07, 6.45) is 0.570. The summed E-state index contributed by atoms with van der Waals surface area (Å²) < 4.78 is 0.978. The molecule has 1 saturated heterocycles. The summed E-state index contributed by atoms with van der Waals surface area (Å²) >= 11 is 3.41. The van der Waals surface area contributed by atoms with Crippen molar-refractivity contribution < 1.29 is 14.7 Å². The number of nitrogens with zero attached hydrogens (tertiary/aromatic N) is 2. The van der Waals surface area contributed by atoms with Gasteiger partial charge in [0.15, 0.2) is 0 Å². The van der Waals surface area contributed by atoms with E-state index >= 15 is 0 Å². The average Bonchev–Trinajstić information content (AvgIpc) is 2.45. The van der Waals surface area contributed by atoms with Gasteiger partial charge in [0.25, 0.3) is 0 Å². The molecule has 1 fully saturated rings. The van der Waals surface area contributed by atoms with Crippen molar-refractivity contribution in [3.05, 3.63) is 34.3 Å². The molecule has 0 aliphatic carbocycles. The zero-order valence-electron chi connectivity index (χ0n) is 11.8. The lowest BCUT2D eigenvalue weighted by Gasteiger charge is -2.34. The highest BCUT2D eigenvalue weighted by molar-refractivity contribution is 9.10. The van der Waals surface area contributed by atoms with Gasteiger partial charge < -0.3 is 10.0 Å². The smallest absolute Gasteiger partial charge is 0.304 e. The first kappa shape index (κ1) is 16.0. The summed E-state index contributed by atoms with van der Waals surface area (Å²) in [5.41, 5.74) is 1.00. The Labute approximate surface area is 132 Å². The lowest BCUT2D eigenvalue weighted by atomic mass is 10.1. The number of hydrogen-bond donors (Lipinski definition) is 1. The van der Waals surface area contributed by atoms with E-state index in [4.69, 9.17) is 5.11 Å². The standard InChI is InChI=1S/C15H19BrN2O3/c16-13-3-1-2-12(10-13)11-14(19)18-8-6-17(7-9-18)5-4-15(20)21/h1-3,10H,4-9,11H2,(H,20,21). The van der Waals surface area contributed by atoms with Crippen LogP contribution in [0.15, 0.2) is 28.7 Å². The van der Waals surface area contributed by atoms with Gasteiger partial charge in [-0.05, 0) is 17.7 Å². The van der Waals surface area contributed by atoms with Gasteiger partial charge in [0.05, 0.1) is 12.8 Å². The first-order valence-electron chi connectivity index (χ1n) is 7.01. The third-order valence-electron chi connectivity index (χ3n) is 3.61.